The van der Waals surface area contributed by atoms with Crippen molar-refractivity contribution in [1.29, 1.82) is 0 Å². The summed E-state index contributed by atoms with van der Waals surface area (Å²) in [5, 5.41) is 4.65. The smallest absolute Gasteiger partial charge is 0.318 e. The molecule has 2 aromatic carbocycles. The summed E-state index contributed by atoms with van der Waals surface area (Å²) >= 11 is 0. The van der Waals surface area contributed by atoms with Gasteiger partial charge in [-0.15, -0.1) is 0 Å². The van der Waals surface area contributed by atoms with E-state index in [1.54, 1.807) is 0 Å². The molecule has 0 radical (unpaired) electrons. The van der Waals surface area contributed by atoms with E-state index in [0.29, 0.717) is 6.04 Å². The van der Waals surface area contributed by atoms with Crippen molar-refractivity contribution >= 4 is 22.7 Å². The van der Waals surface area contributed by atoms with Crippen LogP contribution in [0.15, 0.2) is 42.5 Å². The van der Waals surface area contributed by atoms with Gasteiger partial charge < -0.3 is 5.73 Å². The van der Waals surface area contributed by atoms with E-state index in [9.17, 15) is 9.59 Å². The maximum atomic E-state index is 11.8. The van der Waals surface area contributed by atoms with Crippen LogP contribution in [0.3, 0.4) is 0 Å². The van der Waals surface area contributed by atoms with E-state index >= 15 is 0 Å². The number of nitrogens with one attached hydrogen (secondary N) is 1. The lowest BCUT2D eigenvalue weighted by atomic mass is 9.98. The highest BCUT2D eigenvalue weighted by atomic mass is 16.2. The Balaban J connectivity index is 1.73. The van der Waals surface area contributed by atoms with Gasteiger partial charge >= 0.3 is 6.03 Å². The standard InChI is InChI=1S/C18H21N3O2/c19-18(23)20-17(22)12-21-10-4-8-15(21)11-14-7-3-6-13-5-1-2-9-16(13)14/h1-3,5-7,9,15H,4,8,10-12H2,(H3,19,20,22,23)/t15-/m1/s1. The number of carbonyl (C=O) groups is 2. The highest BCUT2D eigenvalue weighted by molar-refractivity contribution is 5.94. The molecule has 5 heteroatoms. The minimum absolute atomic E-state index is 0.221. The third kappa shape index (κ3) is 3.68. The van der Waals surface area contributed by atoms with Crippen LogP contribution in [-0.2, 0) is 11.2 Å². The zero-order chi connectivity index (χ0) is 16.2. The summed E-state index contributed by atoms with van der Waals surface area (Å²) < 4.78 is 0. The van der Waals surface area contributed by atoms with Crippen LogP contribution in [0.25, 0.3) is 10.8 Å². The molecular formula is C18H21N3O2. The van der Waals surface area contributed by atoms with E-state index in [0.717, 1.165) is 25.8 Å². The van der Waals surface area contributed by atoms with E-state index in [-0.39, 0.29) is 12.5 Å². The Bertz CT molecular complexity index is 724. The fourth-order valence-electron chi connectivity index (χ4n) is 3.42. The fraction of sp³-hybridized carbons (Fsp3) is 0.333. The van der Waals surface area contributed by atoms with Gasteiger partial charge in [0.05, 0.1) is 6.54 Å². The summed E-state index contributed by atoms with van der Waals surface area (Å²) in [6.07, 6.45) is 3.04. The average molecular weight is 311 g/mol. The highest BCUT2D eigenvalue weighted by Gasteiger charge is 2.27. The molecule has 5 nitrogen and oxygen atoms in total. The van der Waals surface area contributed by atoms with E-state index in [2.05, 4.69) is 46.6 Å². The monoisotopic (exact) mass is 311 g/mol. The number of nitrogens with zero attached hydrogens (tertiary/aromatic N) is 1. The van der Waals surface area contributed by atoms with E-state index in [4.69, 9.17) is 5.73 Å². The number of imide groups is 1. The zero-order valence-corrected chi connectivity index (χ0v) is 13.0. The van der Waals surface area contributed by atoms with E-state index in [1.807, 2.05) is 6.07 Å². The zero-order valence-electron chi connectivity index (χ0n) is 13.0. The van der Waals surface area contributed by atoms with Crippen LogP contribution in [-0.4, -0.2) is 36.0 Å². The second-order valence-corrected chi connectivity index (χ2v) is 6.02. The Morgan fingerprint density at radius 3 is 2.78 bits per heavy atom. The van der Waals surface area contributed by atoms with Crippen molar-refractivity contribution in [2.45, 2.75) is 25.3 Å². The summed E-state index contributed by atoms with van der Waals surface area (Å²) in [5.74, 6) is -0.331. The predicted octanol–water partition coefficient (Wildman–Crippen LogP) is 2.04. The first-order valence-electron chi connectivity index (χ1n) is 7.93. The molecular weight excluding hydrogens is 290 g/mol. The molecule has 1 fully saturated rings. The number of benzene rings is 2. The maximum Gasteiger partial charge on any atom is 0.318 e. The van der Waals surface area contributed by atoms with Crippen molar-refractivity contribution in [1.82, 2.24) is 10.2 Å². The largest absolute Gasteiger partial charge is 0.351 e. The van der Waals surface area contributed by atoms with Gasteiger partial charge in [-0.1, -0.05) is 42.5 Å². The number of hydrogen-bond acceptors (Lipinski definition) is 3. The van der Waals surface area contributed by atoms with Crippen LogP contribution in [0.4, 0.5) is 4.79 Å². The molecule has 0 saturated carbocycles. The molecule has 3 N–H and O–H groups in total. The van der Waals surface area contributed by atoms with Gasteiger partial charge in [0.25, 0.3) is 0 Å². The Morgan fingerprint density at radius 2 is 1.96 bits per heavy atom. The number of primary amides is 1. The summed E-state index contributed by atoms with van der Waals surface area (Å²) in [4.78, 5) is 24.7. The first-order valence-corrected chi connectivity index (χ1v) is 7.93. The molecule has 0 spiro atoms. The van der Waals surface area contributed by atoms with Crippen molar-refractivity contribution in [2.75, 3.05) is 13.1 Å². The molecule has 0 unspecified atom stereocenters. The molecule has 0 bridgehead atoms. The molecule has 3 amide bonds. The molecule has 1 saturated heterocycles. The number of carbonyl (C=O) groups excluding carboxylic acids is 2. The minimum atomic E-state index is -0.792. The molecule has 1 aliphatic rings. The van der Waals surface area contributed by atoms with Crippen molar-refractivity contribution in [2.24, 2.45) is 5.73 Å². The molecule has 3 rings (SSSR count). The summed E-state index contributed by atoms with van der Waals surface area (Å²) in [6.45, 7) is 1.10. The quantitative estimate of drug-likeness (QED) is 0.907. The molecule has 23 heavy (non-hydrogen) atoms. The normalized spacial score (nSPS) is 18.2. The van der Waals surface area contributed by atoms with Gasteiger partial charge in [0, 0.05) is 6.04 Å². The van der Waals surface area contributed by atoms with Crippen LogP contribution in [0.2, 0.25) is 0 Å². The van der Waals surface area contributed by atoms with Crippen LogP contribution in [0.1, 0.15) is 18.4 Å². The second kappa shape index (κ2) is 6.79. The van der Waals surface area contributed by atoms with Crippen LogP contribution in [0, 0.1) is 0 Å². The Kier molecular flexibility index (Phi) is 4.57. The van der Waals surface area contributed by atoms with Gasteiger partial charge in [-0.05, 0) is 42.1 Å². The lowest BCUT2D eigenvalue weighted by molar-refractivity contribution is -0.121. The van der Waals surface area contributed by atoms with Crippen molar-refractivity contribution in [3.63, 3.8) is 0 Å². The van der Waals surface area contributed by atoms with Gasteiger partial charge in [-0.25, -0.2) is 4.79 Å². The SMILES string of the molecule is NC(=O)NC(=O)CN1CCC[C@@H]1Cc1cccc2ccccc12. The lowest BCUT2D eigenvalue weighted by Gasteiger charge is -2.24. The Labute approximate surface area is 135 Å². The molecule has 1 aliphatic heterocycles. The average Bonchev–Trinajstić information content (AvgIpc) is 2.94. The molecule has 0 aliphatic carbocycles. The number of amides is 3. The molecule has 1 heterocycles. The van der Waals surface area contributed by atoms with Gasteiger partial charge in [-0.2, -0.15) is 0 Å². The first kappa shape index (κ1) is 15.5. The Hall–Kier alpha value is -2.40. The number of urea groups is 1. The maximum absolute atomic E-state index is 11.8. The van der Waals surface area contributed by atoms with Gasteiger partial charge in [0.1, 0.15) is 0 Å². The van der Waals surface area contributed by atoms with Crippen molar-refractivity contribution in [3.05, 3.63) is 48.0 Å². The predicted molar refractivity (Wildman–Crippen MR) is 90.0 cm³/mol. The molecule has 120 valence electrons. The van der Waals surface area contributed by atoms with Crippen molar-refractivity contribution < 1.29 is 9.59 Å². The first-order chi connectivity index (χ1) is 11.1. The minimum Gasteiger partial charge on any atom is -0.351 e. The fourth-order valence-corrected chi connectivity index (χ4v) is 3.42. The topological polar surface area (TPSA) is 75.4 Å². The lowest BCUT2D eigenvalue weighted by Crippen LogP contribution is -2.44. The second-order valence-electron chi connectivity index (χ2n) is 6.02. The number of rotatable bonds is 4. The summed E-state index contributed by atoms with van der Waals surface area (Å²) in [6, 6.07) is 14.2. The number of hydrogen-bond donors (Lipinski definition) is 2. The molecule has 0 aromatic heterocycles. The highest BCUT2D eigenvalue weighted by Crippen LogP contribution is 2.25. The van der Waals surface area contributed by atoms with Gasteiger partial charge in [0.15, 0.2) is 0 Å². The summed E-state index contributed by atoms with van der Waals surface area (Å²) in [7, 11) is 0. The summed E-state index contributed by atoms with van der Waals surface area (Å²) in [5.41, 5.74) is 6.30. The van der Waals surface area contributed by atoms with Crippen LogP contribution in [0.5, 0.6) is 0 Å². The van der Waals surface area contributed by atoms with Gasteiger partial charge in [-0.3, -0.25) is 15.0 Å². The molecule has 1 atom stereocenters. The Morgan fingerprint density at radius 1 is 1.17 bits per heavy atom. The number of fused-ring (bicyclic) bond motifs is 1. The van der Waals surface area contributed by atoms with Crippen molar-refractivity contribution in [3.8, 4) is 0 Å². The third-order valence-corrected chi connectivity index (χ3v) is 4.44. The van der Waals surface area contributed by atoms with E-state index < -0.39 is 6.03 Å². The number of likely N-dealkylation sites (tertiary alicyclic amines) is 1. The number of nitrogens with two attached hydrogens (primary N) is 1. The van der Waals surface area contributed by atoms with Gasteiger partial charge in [0.2, 0.25) is 5.91 Å². The third-order valence-electron chi connectivity index (χ3n) is 4.44. The molecule has 2 aromatic rings. The van der Waals surface area contributed by atoms with E-state index in [1.165, 1.54) is 16.3 Å². The van der Waals surface area contributed by atoms with Crippen LogP contribution >= 0.6 is 0 Å². The van der Waals surface area contributed by atoms with Crippen LogP contribution < -0.4 is 11.1 Å².